The fourth-order valence-electron chi connectivity index (χ4n) is 4.29. The van der Waals surface area contributed by atoms with Crippen molar-refractivity contribution in [2.45, 2.75) is 18.9 Å². The number of nitrogens with one attached hydrogen (secondary N) is 2. The van der Waals surface area contributed by atoms with Crippen molar-refractivity contribution in [2.24, 2.45) is 0 Å². The Morgan fingerprint density at radius 3 is 2.78 bits per heavy atom. The minimum Gasteiger partial charge on any atom is -0.465 e. The first kappa shape index (κ1) is 26.4. The van der Waals surface area contributed by atoms with Gasteiger partial charge in [0.05, 0.1) is 26.4 Å². The van der Waals surface area contributed by atoms with Crippen LogP contribution in [0, 0.1) is 0 Å². The molecule has 0 bridgehead atoms. The molecule has 0 radical (unpaired) electrons. The number of H-pyrrole nitrogens is 1. The van der Waals surface area contributed by atoms with Crippen LogP contribution in [0.4, 0.5) is 4.79 Å². The van der Waals surface area contributed by atoms with Crippen LogP contribution in [0.1, 0.15) is 28.4 Å². The van der Waals surface area contributed by atoms with E-state index < -0.39 is 6.09 Å². The van der Waals surface area contributed by atoms with Crippen LogP contribution in [-0.2, 0) is 22.4 Å². The number of carbonyl (C=O) groups is 1. The predicted molar refractivity (Wildman–Crippen MR) is 138 cm³/mol. The van der Waals surface area contributed by atoms with Crippen LogP contribution in [-0.4, -0.2) is 77.8 Å². The Kier molecular flexibility index (Phi) is 9.17. The molecule has 0 spiro atoms. The average Bonchev–Trinajstić information content (AvgIpc) is 3.32. The van der Waals surface area contributed by atoms with Gasteiger partial charge in [0.15, 0.2) is 5.82 Å². The number of aromatic nitrogens is 3. The van der Waals surface area contributed by atoms with E-state index >= 15 is 0 Å². The summed E-state index contributed by atoms with van der Waals surface area (Å²) in [6.07, 6.45) is -0.472. The van der Waals surface area contributed by atoms with Crippen molar-refractivity contribution >= 4 is 29.3 Å². The fraction of sp³-hybridized carbons (Fsp3) is 0.400. The second kappa shape index (κ2) is 12.5. The van der Waals surface area contributed by atoms with Crippen molar-refractivity contribution in [1.82, 2.24) is 25.4 Å². The maximum Gasteiger partial charge on any atom is 0.404 e. The summed E-state index contributed by atoms with van der Waals surface area (Å²) in [4.78, 5) is 15.9. The number of hydrogen-bond acceptors (Lipinski definition) is 6. The molecule has 192 valence electrons. The number of ether oxygens (including phenoxy) is 2. The Hall–Kier alpha value is -2.69. The van der Waals surface area contributed by atoms with Gasteiger partial charge >= 0.3 is 6.09 Å². The van der Waals surface area contributed by atoms with Gasteiger partial charge in [-0.2, -0.15) is 0 Å². The van der Waals surface area contributed by atoms with E-state index in [4.69, 9.17) is 37.8 Å². The largest absolute Gasteiger partial charge is 0.465 e. The lowest BCUT2D eigenvalue weighted by Gasteiger charge is -2.33. The average molecular weight is 534 g/mol. The standard InChI is InChI=1S/C25H29Cl2N5O4/c1-32-14-20(19-12-18(26)13-22(27)21(19)15-32)16-3-2-4-17(11-16)24-29-23(30-31-24)5-7-35-9-10-36-8-6-28-25(33)34/h2-4,11-13,20,28H,5-10,14-15H2,1H3,(H,33,34)(H,29,30,31)/t20-/m0/s1. The van der Waals surface area contributed by atoms with Gasteiger partial charge in [-0.1, -0.05) is 41.4 Å². The van der Waals surface area contributed by atoms with E-state index in [2.05, 4.69) is 44.6 Å². The van der Waals surface area contributed by atoms with Gasteiger partial charge in [-0.3, -0.25) is 0 Å². The summed E-state index contributed by atoms with van der Waals surface area (Å²) in [6, 6.07) is 12.1. The fourth-order valence-corrected chi connectivity index (χ4v) is 4.86. The Morgan fingerprint density at radius 2 is 1.97 bits per heavy atom. The van der Waals surface area contributed by atoms with Crippen LogP contribution in [0.5, 0.6) is 0 Å². The highest BCUT2D eigenvalue weighted by Gasteiger charge is 2.27. The molecule has 0 saturated carbocycles. The molecule has 0 saturated heterocycles. The van der Waals surface area contributed by atoms with Crippen LogP contribution in [0.2, 0.25) is 10.0 Å². The van der Waals surface area contributed by atoms with E-state index in [1.165, 1.54) is 11.1 Å². The second-order valence-corrected chi connectivity index (χ2v) is 9.50. The zero-order valence-corrected chi connectivity index (χ0v) is 21.5. The maximum absolute atomic E-state index is 10.4. The van der Waals surface area contributed by atoms with E-state index in [-0.39, 0.29) is 12.5 Å². The van der Waals surface area contributed by atoms with Gasteiger partial charge in [0.1, 0.15) is 5.82 Å². The Labute approximate surface area is 219 Å². The summed E-state index contributed by atoms with van der Waals surface area (Å²) < 4.78 is 10.9. The van der Waals surface area contributed by atoms with Gasteiger partial charge in [0.25, 0.3) is 0 Å². The Bertz CT molecular complexity index is 1190. The molecule has 2 heterocycles. The molecule has 3 N–H and O–H groups in total. The first-order valence-corrected chi connectivity index (χ1v) is 12.5. The topological polar surface area (TPSA) is 113 Å². The number of rotatable bonds is 11. The summed E-state index contributed by atoms with van der Waals surface area (Å²) >= 11 is 12.9. The Morgan fingerprint density at radius 1 is 1.17 bits per heavy atom. The van der Waals surface area contributed by atoms with Gasteiger partial charge in [0, 0.05) is 47.6 Å². The van der Waals surface area contributed by atoms with Gasteiger partial charge in [-0.25, -0.2) is 4.79 Å². The molecule has 1 aliphatic heterocycles. The molecule has 4 rings (SSSR count). The van der Waals surface area contributed by atoms with Crippen LogP contribution < -0.4 is 5.32 Å². The summed E-state index contributed by atoms with van der Waals surface area (Å²) in [7, 11) is 2.10. The highest BCUT2D eigenvalue weighted by molar-refractivity contribution is 6.35. The molecule has 3 aromatic rings. The van der Waals surface area contributed by atoms with Gasteiger partial charge < -0.3 is 29.8 Å². The number of hydrogen-bond donors (Lipinski definition) is 3. The number of benzene rings is 2. The van der Waals surface area contributed by atoms with Gasteiger partial charge in [0.2, 0.25) is 0 Å². The number of amides is 1. The van der Waals surface area contributed by atoms with E-state index in [0.717, 1.165) is 30.0 Å². The summed E-state index contributed by atoms with van der Waals surface area (Å²) in [5.41, 5.74) is 4.41. The smallest absolute Gasteiger partial charge is 0.404 e. The minimum absolute atomic E-state index is 0.146. The molecular weight excluding hydrogens is 505 g/mol. The number of aromatic amines is 1. The van der Waals surface area contributed by atoms with E-state index in [0.29, 0.717) is 48.7 Å². The number of fused-ring (bicyclic) bond motifs is 1. The molecule has 0 fully saturated rings. The SMILES string of the molecule is CN1Cc2c(Cl)cc(Cl)cc2[C@H](c2cccc(-c3nnc(CCOCCOCCNC(=O)O)[nH]3)c2)C1. The third-order valence-corrected chi connectivity index (χ3v) is 6.52. The molecule has 11 heteroatoms. The van der Waals surface area contributed by atoms with Crippen molar-refractivity contribution in [3.8, 4) is 11.4 Å². The summed E-state index contributed by atoms with van der Waals surface area (Å²) in [5, 5.41) is 20.7. The van der Waals surface area contributed by atoms with Crippen LogP contribution in [0.15, 0.2) is 36.4 Å². The van der Waals surface area contributed by atoms with Gasteiger partial charge in [-0.15, -0.1) is 10.2 Å². The Balaban J connectivity index is 1.34. The number of nitrogens with zero attached hydrogens (tertiary/aromatic N) is 3. The molecule has 1 atom stereocenters. The van der Waals surface area contributed by atoms with Crippen LogP contribution in [0.25, 0.3) is 11.4 Å². The summed E-state index contributed by atoms with van der Waals surface area (Å²) in [5.74, 6) is 1.59. The molecule has 9 nitrogen and oxygen atoms in total. The van der Waals surface area contributed by atoms with Crippen molar-refractivity contribution in [1.29, 1.82) is 0 Å². The number of likely N-dealkylation sites (N-methyl/N-ethyl adjacent to an activating group) is 1. The zero-order valence-electron chi connectivity index (χ0n) is 20.0. The first-order valence-electron chi connectivity index (χ1n) is 11.7. The first-order chi connectivity index (χ1) is 17.4. The molecule has 36 heavy (non-hydrogen) atoms. The zero-order chi connectivity index (χ0) is 25.5. The molecule has 1 aliphatic rings. The third-order valence-electron chi connectivity index (χ3n) is 5.97. The lowest BCUT2D eigenvalue weighted by molar-refractivity contribution is 0.0496. The normalized spacial score (nSPS) is 15.6. The monoisotopic (exact) mass is 533 g/mol. The number of halogens is 2. The highest BCUT2D eigenvalue weighted by Crippen LogP contribution is 2.39. The molecule has 0 aliphatic carbocycles. The van der Waals surface area contributed by atoms with Crippen molar-refractivity contribution < 1.29 is 19.4 Å². The number of carboxylic acid groups (broad SMARTS) is 1. The van der Waals surface area contributed by atoms with Crippen LogP contribution >= 0.6 is 23.2 Å². The molecule has 1 aromatic heterocycles. The van der Waals surface area contributed by atoms with E-state index in [9.17, 15) is 4.79 Å². The van der Waals surface area contributed by atoms with Gasteiger partial charge in [-0.05, 0) is 41.9 Å². The van der Waals surface area contributed by atoms with Crippen LogP contribution in [0.3, 0.4) is 0 Å². The highest BCUT2D eigenvalue weighted by atomic mass is 35.5. The lowest BCUT2D eigenvalue weighted by atomic mass is 9.84. The van der Waals surface area contributed by atoms with Crippen molar-refractivity contribution in [3.05, 3.63) is 69.0 Å². The molecule has 1 amide bonds. The maximum atomic E-state index is 10.4. The molecular formula is C25H29Cl2N5O4. The molecule has 0 unspecified atom stereocenters. The predicted octanol–water partition coefficient (Wildman–Crippen LogP) is 4.20. The minimum atomic E-state index is -1.06. The summed E-state index contributed by atoms with van der Waals surface area (Å²) in [6.45, 7) is 3.51. The molecule has 2 aromatic carbocycles. The lowest BCUT2D eigenvalue weighted by Crippen LogP contribution is -2.31. The van der Waals surface area contributed by atoms with Crippen molar-refractivity contribution in [3.63, 3.8) is 0 Å². The van der Waals surface area contributed by atoms with E-state index in [1.807, 2.05) is 18.2 Å². The second-order valence-electron chi connectivity index (χ2n) is 8.66. The van der Waals surface area contributed by atoms with E-state index in [1.54, 1.807) is 6.07 Å². The van der Waals surface area contributed by atoms with Crippen molar-refractivity contribution in [2.75, 3.05) is 46.6 Å². The quantitative estimate of drug-likeness (QED) is 0.316. The third kappa shape index (κ3) is 6.96.